The Morgan fingerprint density at radius 2 is 1.06 bits per heavy atom. The van der Waals surface area contributed by atoms with Gasteiger partial charge < -0.3 is 14.9 Å². The maximum absolute atomic E-state index is 12.2. The minimum absolute atomic E-state index is 0.0771. The first-order chi connectivity index (χ1) is 17.0. The summed E-state index contributed by atoms with van der Waals surface area (Å²) in [7, 11) is 0. The van der Waals surface area contributed by atoms with Gasteiger partial charge in [-0.1, -0.05) is 136 Å². The molecule has 0 spiro atoms. The predicted molar refractivity (Wildman–Crippen MR) is 145 cm³/mol. The van der Waals surface area contributed by atoms with Gasteiger partial charge in [-0.3, -0.25) is 4.79 Å². The molecule has 0 aromatic carbocycles. The molecular formula is C30H56O5. The van der Waals surface area contributed by atoms with Gasteiger partial charge in [0.05, 0.1) is 18.6 Å². The lowest BCUT2D eigenvalue weighted by Crippen LogP contribution is -2.16. The van der Waals surface area contributed by atoms with Crippen LogP contribution in [0.4, 0.5) is 0 Å². The van der Waals surface area contributed by atoms with Crippen LogP contribution in [-0.2, 0) is 14.3 Å². The molecule has 1 atom stereocenters. The van der Waals surface area contributed by atoms with E-state index < -0.39 is 18.0 Å². The second-order valence-electron chi connectivity index (χ2n) is 10.2. The predicted octanol–water partition coefficient (Wildman–Crippen LogP) is 8.87. The van der Waals surface area contributed by atoms with Crippen molar-refractivity contribution in [2.75, 3.05) is 0 Å². The van der Waals surface area contributed by atoms with Crippen LogP contribution in [0.1, 0.15) is 162 Å². The number of unbranched alkanes of at least 4 members (excludes halogenated alkanes) is 18. The summed E-state index contributed by atoms with van der Waals surface area (Å²) < 4.78 is 5.30. The molecule has 0 aliphatic rings. The van der Waals surface area contributed by atoms with Crippen LogP contribution in [0.15, 0.2) is 11.8 Å². The molecule has 5 heteroatoms. The number of esters is 1. The molecule has 0 amide bonds. The molecule has 0 fully saturated rings. The lowest BCUT2D eigenvalue weighted by Gasteiger charge is -2.12. The Morgan fingerprint density at radius 3 is 1.49 bits per heavy atom. The van der Waals surface area contributed by atoms with E-state index in [0.29, 0.717) is 12.8 Å². The minimum Gasteiger partial charge on any atom is -0.478 e. The first-order valence-corrected chi connectivity index (χ1v) is 14.8. The standard InChI is InChI=1S/C30H56O5/c1-3-5-7-9-11-13-14-16-18-20-22-24-28(26-29(32)33)35-30(34)25-27(31)23-21-19-17-15-12-10-8-6-4-2/h26-27,31H,3-25H2,1-2H3,(H,32,33). The van der Waals surface area contributed by atoms with E-state index in [1.165, 1.54) is 96.3 Å². The number of hydrogen-bond donors (Lipinski definition) is 2. The number of carboxylic acid groups (broad SMARTS) is 1. The maximum atomic E-state index is 12.2. The first kappa shape index (κ1) is 33.6. The van der Waals surface area contributed by atoms with Gasteiger partial charge in [-0.2, -0.15) is 0 Å². The van der Waals surface area contributed by atoms with Crippen molar-refractivity contribution < 1.29 is 24.5 Å². The molecule has 5 nitrogen and oxygen atoms in total. The van der Waals surface area contributed by atoms with E-state index in [1.54, 1.807) is 0 Å². The number of carbonyl (C=O) groups is 2. The lowest BCUT2D eigenvalue weighted by atomic mass is 10.0. The molecule has 0 aliphatic carbocycles. The minimum atomic E-state index is -1.11. The van der Waals surface area contributed by atoms with Gasteiger partial charge in [-0.25, -0.2) is 4.79 Å². The third-order valence-corrected chi connectivity index (χ3v) is 6.60. The number of allylic oxidation sites excluding steroid dienone is 1. The van der Waals surface area contributed by atoms with Crippen molar-refractivity contribution in [2.24, 2.45) is 0 Å². The van der Waals surface area contributed by atoms with E-state index in [1.807, 2.05) is 0 Å². The number of hydrogen-bond acceptors (Lipinski definition) is 4. The molecule has 206 valence electrons. The van der Waals surface area contributed by atoms with E-state index in [2.05, 4.69) is 13.8 Å². The van der Waals surface area contributed by atoms with Crippen molar-refractivity contribution in [2.45, 2.75) is 168 Å². The molecule has 0 rings (SSSR count). The highest BCUT2D eigenvalue weighted by Crippen LogP contribution is 2.17. The van der Waals surface area contributed by atoms with Crippen LogP contribution in [0, 0.1) is 0 Å². The zero-order valence-electron chi connectivity index (χ0n) is 23.0. The van der Waals surface area contributed by atoms with E-state index in [-0.39, 0.29) is 12.2 Å². The molecule has 0 aromatic heterocycles. The van der Waals surface area contributed by atoms with Gasteiger partial charge >= 0.3 is 11.9 Å². The molecule has 35 heavy (non-hydrogen) atoms. The van der Waals surface area contributed by atoms with Crippen molar-refractivity contribution in [1.29, 1.82) is 0 Å². The van der Waals surface area contributed by atoms with Gasteiger partial charge in [0.1, 0.15) is 5.76 Å². The van der Waals surface area contributed by atoms with Crippen LogP contribution in [0.5, 0.6) is 0 Å². The summed E-state index contributed by atoms with van der Waals surface area (Å²) in [6.45, 7) is 4.46. The molecule has 0 heterocycles. The van der Waals surface area contributed by atoms with E-state index >= 15 is 0 Å². The molecule has 0 aliphatic heterocycles. The van der Waals surface area contributed by atoms with Crippen LogP contribution >= 0.6 is 0 Å². The highest BCUT2D eigenvalue weighted by molar-refractivity contribution is 5.81. The summed E-state index contributed by atoms with van der Waals surface area (Å²) in [5.41, 5.74) is 0. The van der Waals surface area contributed by atoms with Crippen LogP contribution in [0.25, 0.3) is 0 Å². The zero-order valence-corrected chi connectivity index (χ0v) is 23.0. The van der Waals surface area contributed by atoms with Crippen LogP contribution < -0.4 is 0 Å². The summed E-state index contributed by atoms with van der Waals surface area (Å²) in [5.74, 6) is -1.44. The Labute approximate surface area is 216 Å². The fraction of sp³-hybridized carbons (Fsp3) is 0.867. The molecular weight excluding hydrogens is 440 g/mol. The molecule has 0 saturated carbocycles. The second-order valence-corrected chi connectivity index (χ2v) is 10.2. The van der Waals surface area contributed by atoms with Gasteiger partial charge in [-0.15, -0.1) is 0 Å². The molecule has 1 unspecified atom stereocenters. The largest absolute Gasteiger partial charge is 0.478 e. The van der Waals surface area contributed by atoms with Crippen LogP contribution in [0.2, 0.25) is 0 Å². The Kier molecular flexibility index (Phi) is 24.7. The Hall–Kier alpha value is -1.36. The number of aliphatic hydroxyl groups is 1. The first-order valence-electron chi connectivity index (χ1n) is 14.8. The normalized spacial score (nSPS) is 12.6. The third-order valence-electron chi connectivity index (χ3n) is 6.60. The van der Waals surface area contributed by atoms with Crippen molar-refractivity contribution in [3.05, 3.63) is 11.8 Å². The number of ether oxygens (including phenoxy) is 1. The summed E-state index contributed by atoms with van der Waals surface area (Å²) in [6.07, 6.45) is 25.5. The van der Waals surface area contributed by atoms with Gasteiger partial charge in [0, 0.05) is 6.42 Å². The number of aliphatic carboxylic acids is 1. The number of rotatable bonds is 26. The number of carbonyl (C=O) groups excluding carboxylic acids is 1. The van der Waals surface area contributed by atoms with Crippen molar-refractivity contribution in [3.63, 3.8) is 0 Å². The number of carboxylic acids is 1. The van der Waals surface area contributed by atoms with Crippen molar-refractivity contribution >= 4 is 11.9 Å². The second kappa shape index (κ2) is 25.7. The maximum Gasteiger partial charge on any atom is 0.331 e. The Morgan fingerprint density at radius 1 is 0.657 bits per heavy atom. The van der Waals surface area contributed by atoms with Crippen LogP contribution in [-0.4, -0.2) is 28.3 Å². The van der Waals surface area contributed by atoms with Crippen molar-refractivity contribution in [1.82, 2.24) is 0 Å². The van der Waals surface area contributed by atoms with Gasteiger partial charge in [-0.05, 0) is 12.8 Å². The highest BCUT2D eigenvalue weighted by atomic mass is 16.5. The average Bonchev–Trinajstić information content (AvgIpc) is 2.81. The van der Waals surface area contributed by atoms with E-state index in [0.717, 1.165) is 38.2 Å². The van der Waals surface area contributed by atoms with Crippen LogP contribution in [0.3, 0.4) is 0 Å². The number of aliphatic hydroxyl groups excluding tert-OH is 1. The summed E-state index contributed by atoms with van der Waals surface area (Å²) in [4.78, 5) is 23.3. The van der Waals surface area contributed by atoms with Crippen molar-refractivity contribution in [3.8, 4) is 0 Å². The van der Waals surface area contributed by atoms with Gasteiger partial charge in [0.15, 0.2) is 0 Å². The Balaban J connectivity index is 3.90. The van der Waals surface area contributed by atoms with E-state index in [4.69, 9.17) is 9.84 Å². The smallest absolute Gasteiger partial charge is 0.331 e. The molecule has 0 saturated heterocycles. The third kappa shape index (κ3) is 25.5. The average molecular weight is 497 g/mol. The molecule has 0 aromatic rings. The van der Waals surface area contributed by atoms with E-state index in [9.17, 15) is 14.7 Å². The molecule has 2 N–H and O–H groups in total. The quantitative estimate of drug-likeness (QED) is 0.0540. The van der Waals surface area contributed by atoms with Gasteiger partial charge in [0.25, 0.3) is 0 Å². The Bertz CT molecular complexity index is 529. The fourth-order valence-electron chi connectivity index (χ4n) is 4.43. The topological polar surface area (TPSA) is 83.8 Å². The summed E-state index contributed by atoms with van der Waals surface area (Å²) >= 11 is 0. The molecule has 0 bridgehead atoms. The SMILES string of the molecule is CCCCCCCCCCCCCC(=CC(=O)O)OC(=O)CC(O)CCCCCCCCCCC. The monoisotopic (exact) mass is 496 g/mol. The highest BCUT2D eigenvalue weighted by Gasteiger charge is 2.14. The fourth-order valence-corrected chi connectivity index (χ4v) is 4.43. The zero-order chi connectivity index (χ0) is 26.0. The summed E-state index contributed by atoms with van der Waals surface area (Å²) in [6, 6.07) is 0. The molecule has 0 radical (unpaired) electrons. The summed E-state index contributed by atoms with van der Waals surface area (Å²) in [5, 5.41) is 19.2. The lowest BCUT2D eigenvalue weighted by molar-refractivity contribution is -0.142. The van der Waals surface area contributed by atoms with Gasteiger partial charge in [0.2, 0.25) is 0 Å².